The molecule has 0 atom stereocenters. The zero-order chi connectivity index (χ0) is 13.6. The zero-order valence-electron chi connectivity index (χ0n) is 10.3. The molecule has 0 aliphatic carbocycles. The van der Waals surface area contributed by atoms with Crippen LogP contribution in [0.25, 0.3) is 0 Å². The van der Waals surface area contributed by atoms with Gasteiger partial charge in [-0.15, -0.1) is 0 Å². The molecule has 1 aliphatic rings. The van der Waals surface area contributed by atoms with E-state index >= 15 is 0 Å². The Bertz CT molecular complexity index is 691. The minimum Gasteiger partial charge on any atom is -0.399 e. The highest BCUT2D eigenvalue weighted by atomic mass is 32.1. The number of benzene rings is 1. The third-order valence-corrected chi connectivity index (χ3v) is 4.20. The Morgan fingerprint density at radius 3 is 2.58 bits per heavy atom. The van der Waals surface area contributed by atoms with Crippen LogP contribution in [0.5, 0.6) is 0 Å². The van der Waals surface area contributed by atoms with Crippen molar-refractivity contribution in [3.63, 3.8) is 0 Å². The Balaban J connectivity index is 1.97. The van der Waals surface area contributed by atoms with Gasteiger partial charge in [0.2, 0.25) is 0 Å². The zero-order valence-corrected chi connectivity index (χ0v) is 11.2. The standard InChI is InChI=1S/C14H12N2O2S/c1-8-6-19-7-9(8)5-16-13(17)11-3-2-10(15)4-12(11)14(16)18/h2-4,6-7H,5,15H2,1H3. The minimum atomic E-state index is -0.266. The van der Waals surface area contributed by atoms with Gasteiger partial charge < -0.3 is 5.73 Å². The number of nitrogens with zero attached hydrogens (tertiary/aromatic N) is 1. The van der Waals surface area contributed by atoms with E-state index in [4.69, 9.17) is 5.73 Å². The Hall–Kier alpha value is -2.14. The first-order valence-electron chi connectivity index (χ1n) is 5.85. The average Bonchev–Trinajstić information content (AvgIpc) is 2.88. The van der Waals surface area contributed by atoms with Crippen molar-refractivity contribution in [3.8, 4) is 0 Å². The number of thiophene rings is 1. The van der Waals surface area contributed by atoms with E-state index < -0.39 is 0 Å². The van der Waals surface area contributed by atoms with Crippen molar-refractivity contribution >= 4 is 28.8 Å². The van der Waals surface area contributed by atoms with Crippen molar-refractivity contribution in [1.82, 2.24) is 4.90 Å². The fourth-order valence-electron chi connectivity index (χ4n) is 2.17. The van der Waals surface area contributed by atoms with E-state index in [1.807, 2.05) is 17.7 Å². The number of imide groups is 1. The Labute approximate surface area is 114 Å². The molecule has 1 aliphatic heterocycles. The molecule has 0 fully saturated rings. The molecule has 2 aromatic rings. The van der Waals surface area contributed by atoms with Crippen LogP contribution in [0.3, 0.4) is 0 Å². The Kier molecular flexibility index (Phi) is 2.64. The number of hydrogen-bond donors (Lipinski definition) is 1. The monoisotopic (exact) mass is 272 g/mol. The number of aryl methyl sites for hydroxylation is 1. The summed E-state index contributed by atoms with van der Waals surface area (Å²) in [6.07, 6.45) is 0. The van der Waals surface area contributed by atoms with Gasteiger partial charge in [-0.25, -0.2) is 0 Å². The van der Waals surface area contributed by atoms with Crippen molar-refractivity contribution in [1.29, 1.82) is 0 Å². The molecule has 0 spiro atoms. The molecule has 4 nitrogen and oxygen atoms in total. The highest BCUT2D eigenvalue weighted by Gasteiger charge is 2.35. The summed E-state index contributed by atoms with van der Waals surface area (Å²) in [5.41, 5.74) is 9.10. The van der Waals surface area contributed by atoms with Gasteiger partial charge in [0.1, 0.15) is 0 Å². The number of carbonyl (C=O) groups excluding carboxylic acids is 2. The number of fused-ring (bicyclic) bond motifs is 1. The number of anilines is 1. The largest absolute Gasteiger partial charge is 0.399 e. The summed E-state index contributed by atoms with van der Waals surface area (Å²) in [4.78, 5) is 25.8. The first kappa shape index (κ1) is 11.9. The predicted molar refractivity (Wildman–Crippen MR) is 74.1 cm³/mol. The number of carbonyl (C=O) groups is 2. The molecular weight excluding hydrogens is 260 g/mol. The summed E-state index contributed by atoms with van der Waals surface area (Å²) < 4.78 is 0. The number of hydrogen-bond acceptors (Lipinski definition) is 4. The first-order chi connectivity index (χ1) is 9.08. The van der Waals surface area contributed by atoms with Crippen LogP contribution in [0.4, 0.5) is 5.69 Å². The summed E-state index contributed by atoms with van der Waals surface area (Å²) in [5, 5.41) is 3.97. The second-order valence-corrected chi connectivity index (χ2v) is 5.33. The predicted octanol–water partition coefficient (Wildman–Crippen LogP) is 2.43. The van der Waals surface area contributed by atoms with Crippen LogP contribution in [-0.4, -0.2) is 16.7 Å². The highest BCUT2D eigenvalue weighted by molar-refractivity contribution is 7.08. The molecule has 2 N–H and O–H groups in total. The number of amides is 2. The van der Waals surface area contributed by atoms with Crippen molar-refractivity contribution < 1.29 is 9.59 Å². The van der Waals surface area contributed by atoms with Gasteiger partial charge in [-0.3, -0.25) is 14.5 Å². The van der Waals surface area contributed by atoms with E-state index in [9.17, 15) is 9.59 Å². The van der Waals surface area contributed by atoms with E-state index in [-0.39, 0.29) is 11.8 Å². The maximum absolute atomic E-state index is 12.2. The first-order valence-corrected chi connectivity index (χ1v) is 6.79. The fourth-order valence-corrected chi connectivity index (χ4v) is 3.02. The van der Waals surface area contributed by atoms with Gasteiger partial charge >= 0.3 is 0 Å². The fraction of sp³-hybridized carbons (Fsp3) is 0.143. The summed E-state index contributed by atoms with van der Waals surface area (Å²) in [6.45, 7) is 2.30. The summed E-state index contributed by atoms with van der Waals surface area (Å²) >= 11 is 1.57. The second-order valence-electron chi connectivity index (χ2n) is 4.58. The number of nitrogen functional groups attached to an aromatic ring is 1. The lowest BCUT2D eigenvalue weighted by Gasteiger charge is -2.13. The molecule has 0 saturated heterocycles. The van der Waals surface area contributed by atoms with Gasteiger partial charge in [-0.2, -0.15) is 11.3 Å². The molecule has 96 valence electrons. The van der Waals surface area contributed by atoms with Crippen molar-refractivity contribution in [2.75, 3.05) is 5.73 Å². The highest BCUT2D eigenvalue weighted by Crippen LogP contribution is 2.27. The maximum Gasteiger partial charge on any atom is 0.261 e. The van der Waals surface area contributed by atoms with E-state index in [1.165, 1.54) is 4.90 Å². The van der Waals surface area contributed by atoms with Gasteiger partial charge in [0.05, 0.1) is 17.7 Å². The molecule has 1 aromatic carbocycles. The van der Waals surface area contributed by atoms with Crippen LogP contribution in [0.15, 0.2) is 29.0 Å². The molecule has 0 unspecified atom stereocenters. The topological polar surface area (TPSA) is 63.4 Å². The lowest BCUT2D eigenvalue weighted by atomic mass is 10.1. The van der Waals surface area contributed by atoms with Gasteiger partial charge in [-0.1, -0.05) is 0 Å². The van der Waals surface area contributed by atoms with Gasteiger partial charge in [0.15, 0.2) is 0 Å². The normalized spacial score (nSPS) is 14.1. The van der Waals surface area contributed by atoms with Crippen molar-refractivity contribution in [2.24, 2.45) is 0 Å². The molecule has 1 aromatic heterocycles. The molecule has 2 heterocycles. The van der Waals surface area contributed by atoms with Gasteiger partial charge in [0, 0.05) is 5.69 Å². The van der Waals surface area contributed by atoms with E-state index in [0.29, 0.717) is 23.4 Å². The van der Waals surface area contributed by atoms with Crippen molar-refractivity contribution in [3.05, 3.63) is 51.2 Å². The maximum atomic E-state index is 12.2. The molecule has 2 amide bonds. The van der Waals surface area contributed by atoms with Crippen LogP contribution in [0.2, 0.25) is 0 Å². The number of nitrogens with two attached hydrogens (primary N) is 1. The lowest BCUT2D eigenvalue weighted by molar-refractivity contribution is 0.0642. The van der Waals surface area contributed by atoms with Crippen LogP contribution in [-0.2, 0) is 6.54 Å². The lowest BCUT2D eigenvalue weighted by Crippen LogP contribution is -2.29. The molecule has 5 heteroatoms. The molecule has 0 bridgehead atoms. The molecule has 0 radical (unpaired) electrons. The van der Waals surface area contributed by atoms with Crippen LogP contribution < -0.4 is 5.73 Å². The van der Waals surface area contributed by atoms with E-state index in [0.717, 1.165) is 11.1 Å². The Morgan fingerprint density at radius 2 is 1.89 bits per heavy atom. The van der Waals surface area contributed by atoms with Crippen LogP contribution in [0, 0.1) is 6.92 Å². The second kappa shape index (κ2) is 4.20. The number of rotatable bonds is 2. The molecule has 3 rings (SSSR count). The summed E-state index contributed by atoms with van der Waals surface area (Å²) in [6, 6.07) is 4.82. The molecular formula is C14H12N2O2S. The molecule has 0 saturated carbocycles. The smallest absolute Gasteiger partial charge is 0.261 e. The van der Waals surface area contributed by atoms with Gasteiger partial charge in [0.25, 0.3) is 11.8 Å². The van der Waals surface area contributed by atoms with Crippen molar-refractivity contribution in [2.45, 2.75) is 13.5 Å². The third kappa shape index (κ3) is 1.82. The summed E-state index contributed by atoms with van der Waals surface area (Å²) in [7, 11) is 0. The van der Waals surface area contributed by atoms with Gasteiger partial charge in [-0.05, 0) is 47.0 Å². The van der Waals surface area contributed by atoms with E-state index in [2.05, 4.69) is 0 Å². The van der Waals surface area contributed by atoms with E-state index in [1.54, 1.807) is 29.5 Å². The third-order valence-electron chi connectivity index (χ3n) is 3.28. The van der Waals surface area contributed by atoms with Crippen LogP contribution in [0.1, 0.15) is 31.8 Å². The Morgan fingerprint density at radius 1 is 1.16 bits per heavy atom. The quantitative estimate of drug-likeness (QED) is 0.674. The molecule has 19 heavy (non-hydrogen) atoms. The minimum absolute atomic E-state index is 0.245. The summed E-state index contributed by atoms with van der Waals surface area (Å²) in [5.74, 6) is -0.511. The SMILES string of the molecule is Cc1cscc1CN1C(=O)c2ccc(N)cc2C1=O. The van der Waals surface area contributed by atoms with Crippen LogP contribution >= 0.6 is 11.3 Å². The average molecular weight is 272 g/mol.